The van der Waals surface area contributed by atoms with Crippen LogP contribution in [-0.4, -0.2) is 5.11 Å². The highest BCUT2D eigenvalue weighted by molar-refractivity contribution is 9.13. The monoisotopic (exact) mass is 264 g/mol. The quantitative estimate of drug-likeness (QED) is 0.743. The molecule has 10 heavy (non-hydrogen) atoms. The summed E-state index contributed by atoms with van der Waals surface area (Å²) in [5.74, 6) is 1.75. The molecule has 0 bridgehead atoms. The molecule has 1 aliphatic rings. The molecule has 0 unspecified atom stereocenters. The summed E-state index contributed by atoms with van der Waals surface area (Å²) in [5.41, 5.74) is 0. The Kier molecular flexibility index (Phi) is 1.22. The van der Waals surface area contributed by atoms with Crippen molar-refractivity contribution in [3.05, 3.63) is 15.0 Å². The fourth-order valence-corrected chi connectivity index (χ4v) is 1.51. The number of phenolic OH excluding ortho intramolecular Hbond substituents is 1. The van der Waals surface area contributed by atoms with Crippen molar-refractivity contribution in [2.24, 2.45) is 0 Å². The average molecular weight is 266 g/mol. The molecule has 0 aromatic heterocycles. The van der Waals surface area contributed by atoms with Crippen molar-refractivity contribution in [1.29, 1.82) is 0 Å². The first kappa shape index (κ1) is 6.49. The van der Waals surface area contributed by atoms with Gasteiger partial charge in [0, 0.05) is 6.07 Å². The first-order chi connectivity index (χ1) is 4.70. The van der Waals surface area contributed by atoms with Crippen LogP contribution >= 0.6 is 31.9 Å². The van der Waals surface area contributed by atoms with Gasteiger partial charge in [-0.1, -0.05) is 0 Å². The predicted octanol–water partition coefficient (Wildman–Crippen LogP) is 3.02. The number of hydrogen-bond acceptors (Lipinski definition) is 2. The maximum Gasteiger partial charge on any atom is 0.185 e. The van der Waals surface area contributed by atoms with Crippen LogP contribution in [0.25, 0.3) is 0 Å². The SMILES string of the molecule is Oc1cc2c(c(Br)c1Br)O2. The molecule has 1 heterocycles. The van der Waals surface area contributed by atoms with Crippen LogP contribution in [0.5, 0.6) is 17.2 Å². The van der Waals surface area contributed by atoms with E-state index in [-0.39, 0.29) is 5.75 Å². The molecule has 0 fully saturated rings. The number of hydrogen-bond donors (Lipinski definition) is 1. The smallest absolute Gasteiger partial charge is 0.185 e. The summed E-state index contributed by atoms with van der Waals surface area (Å²) in [6, 6.07) is 1.57. The Morgan fingerprint density at radius 2 is 2.00 bits per heavy atom. The zero-order chi connectivity index (χ0) is 7.30. The van der Waals surface area contributed by atoms with Gasteiger partial charge in [0.2, 0.25) is 0 Å². The molecule has 0 spiro atoms. The highest BCUT2D eigenvalue weighted by atomic mass is 79.9. The second-order valence-electron chi connectivity index (χ2n) is 1.95. The van der Waals surface area contributed by atoms with Gasteiger partial charge in [0.25, 0.3) is 0 Å². The molecule has 4 heteroatoms. The molecule has 1 aromatic rings. The van der Waals surface area contributed by atoms with Gasteiger partial charge < -0.3 is 9.84 Å². The molecule has 2 rings (SSSR count). The van der Waals surface area contributed by atoms with Crippen molar-refractivity contribution < 1.29 is 9.84 Å². The van der Waals surface area contributed by atoms with Crippen molar-refractivity contribution in [3.8, 4) is 17.2 Å². The Labute approximate surface area is 74.1 Å². The summed E-state index contributed by atoms with van der Waals surface area (Å²) in [5, 5.41) is 9.16. The molecule has 0 radical (unpaired) electrons. The number of benzene rings is 1. The Morgan fingerprint density at radius 3 is 2.70 bits per heavy atom. The van der Waals surface area contributed by atoms with Crippen molar-refractivity contribution in [2.45, 2.75) is 0 Å². The van der Waals surface area contributed by atoms with E-state index >= 15 is 0 Å². The molecule has 52 valence electrons. The highest BCUT2D eigenvalue weighted by Crippen LogP contribution is 2.56. The van der Waals surface area contributed by atoms with Crippen molar-refractivity contribution >= 4 is 31.9 Å². The molecule has 0 amide bonds. The van der Waals surface area contributed by atoms with Crippen molar-refractivity contribution in [2.75, 3.05) is 0 Å². The largest absolute Gasteiger partial charge is 0.507 e. The number of halogens is 2. The molecule has 2 nitrogen and oxygen atoms in total. The fourth-order valence-electron chi connectivity index (χ4n) is 0.732. The summed E-state index contributed by atoms with van der Waals surface area (Å²) in [6.07, 6.45) is 0. The van der Waals surface area contributed by atoms with E-state index in [2.05, 4.69) is 31.9 Å². The standard InChI is InChI=1S/C6H2Br2O2/c7-4-2(9)1-3-6(10-3)5(4)8/h1,9H. The van der Waals surface area contributed by atoms with E-state index in [1.165, 1.54) is 0 Å². The highest BCUT2D eigenvalue weighted by Gasteiger charge is 2.27. The molecule has 0 aliphatic carbocycles. The molecule has 0 atom stereocenters. The van der Waals surface area contributed by atoms with Gasteiger partial charge in [0.15, 0.2) is 11.5 Å². The zero-order valence-electron chi connectivity index (χ0n) is 4.69. The van der Waals surface area contributed by atoms with Gasteiger partial charge in [-0.2, -0.15) is 0 Å². The third kappa shape index (κ3) is 0.754. The minimum Gasteiger partial charge on any atom is -0.507 e. The van der Waals surface area contributed by atoms with Gasteiger partial charge in [-0.25, -0.2) is 0 Å². The minimum atomic E-state index is 0.197. The van der Waals surface area contributed by atoms with Gasteiger partial charge in [0.1, 0.15) is 5.75 Å². The number of fused-ring (bicyclic) bond motifs is 1. The lowest BCUT2D eigenvalue weighted by Gasteiger charge is -1.92. The molecular formula is C6H2Br2O2. The number of rotatable bonds is 0. The fraction of sp³-hybridized carbons (Fsp3) is 0. The number of aromatic hydroxyl groups is 1. The first-order valence-electron chi connectivity index (χ1n) is 2.59. The van der Waals surface area contributed by atoms with Crippen LogP contribution < -0.4 is 4.74 Å². The molecule has 1 aliphatic heterocycles. The summed E-state index contributed by atoms with van der Waals surface area (Å²) in [4.78, 5) is 0. The third-order valence-corrected chi connectivity index (χ3v) is 3.37. The summed E-state index contributed by atoms with van der Waals surface area (Å²) >= 11 is 6.44. The Morgan fingerprint density at radius 1 is 1.30 bits per heavy atom. The first-order valence-corrected chi connectivity index (χ1v) is 4.17. The molecule has 1 N–H and O–H groups in total. The van der Waals surface area contributed by atoms with E-state index in [9.17, 15) is 0 Å². The van der Waals surface area contributed by atoms with Gasteiger partial charge in [-0.15, -0.1) is 0 Å². The van der Waals surface area contributed by atoms with E-state index in [0.29, 0.717) is 4.47 Å². The van der Waals surface area contributed by atoms with E-state index in [4.69, 9.17) is 9.84 Å². The van der Waals surface area contributed by atoms with E-state index < -0.39 is 0 Å². The predicted molar refractivity (Wildman–Crippen MR) is 43.6 cm³/mol. The molecular weight excluding hydrogens is 264 g/mol. The van der Waals surface area contributed by atoms with E-state index in [1.54, 1.807) is 6.07 Å². The Balaban J connectivity index is 2.73. The maximum atomic E-state index is 9.16. The lowest BCUT2D eigenvalue weighted by molar-refractivity contribution is 0.471. The summed E-state index contributed by atoms with van der Waals surface area (Å²) in [6.45, 7) is 0. The molecule has 0 saturated heterocycles. The average Bonchev–Trinajstić information content (AvgIpc) is 2.62. The van der Waals surface area contributed by atoms with Crippen molar-refractivity contribution in [1.82, 2.24) is 0 Å². The third-order valence-electron chi connectivity index (χ3n) is 1.28. The van der Waals surface area contributed by atoms with Crippen LogP contribution in [-0.2, 0) is 0 Å². The van der Waals surface area contributed by atoms with Gasteiger partial charge in [-0.05, 0) is 31.9 Å². The zero-order valence-corrected chi connectivity index (χ0v) is 7.86. The van der Waals surface area contributed by atoms with Crippen LogP contribution in [0.15, 0.2) is 15.0 Å². The molecule has 1 aromatic carbocycles. The van der Waals surface area contributed by atoms with E-state index in [0.717, 1.165) is 16.0 Å². The number of phenols is 1. The summed E-state index contributed by atoms with van der Waals surface area (Å²) in [7, 11) is 0. The Bertz CT molecular complexity index is 306. The van der Waals surface area contributed by atoms with Crippen molar-refractivity contribution in [3.63, 3.8) is 0 Å². The minimum absolute atomic E-state index is 0.197. The van der Waals surface area contributed by atoms with Crippen LogP contribution in [0, 0.1) is 0 Å². The Hall–Kier alpha value is -0.220. The molecule has 0 saturated carbocycles. The van der Waals surface area contributed by atoms with Crippen LogP contribution in [0.3, 0.4) is 0 Å². The normalized spacial score (nSPS) is 12.2. The summed E-state index contributed by atoms with van der Waals surface area (Å²) < 4.78 is 6.42. The second kappa shape index (κ2) is 1.89. The van der Waals surface area contributed by atoms with Crippen LogP contribution in [0.4, 0.5) is 0 Å². The second-order valence-corrected chi connectivity index (χ2v) is 3.54. The van der Waals surface area contributed by atoms with E-state index in [1.807, 2.05) is 0 Å². The van der Waals surface area contributed by atoms with Gasteiger partial charge >= 0.3 is 0 Å². The number of ether oxygens (including phenoxy) is 1. The lowest BCUT2D eigenvalue weighted by atomic mass is 10.3. The topological polar surface area (TPSA) is 32.8 Å². The van der Waals surface area contributed by atoms with Gasteiger partial charge in [0.05, 0.1) is 8.95 Å². The van der Waals surface area contributed by atoms with Gasteiger partial charge in [-0.3, -0.25) is 0 Å². The van der Waals surface area contributed by atoms with Crippen LogP contribution in [0.2, 0.25) is 0 Å². The van der Waals surface area contributed by atoms with Crippen LogP contribution in [0.1, 0.15) is 0 Å². The maximum absolute atomic E-state index is 9.16. The lowest BCUT2D eigenvalue weighted by Crippen LogP contribution is -1.63.